The topological polar surface area (TPSA) is 40.5 Å². The van der Waals surface area contributed by atoms with E-state index in [9.17, 15) is 9.90 Å². The molecule has 4 heteroatoms. The van der Waals surface area contributed by atoms with E-state index in [-0.39, 0.29) is 11.8 Å². The Morgan fingerprint density at radius 2 is 1.83 bits per heavy atom. The molecule has 0 bridgehead atoms. The highest BCUT2D eigenvalue weighted by molar-refractivity contribution is 6.31. The SMILES string of the molecule is O=C(c1ccccc1)N1CCCC([C@@H](O)c2ccccc2Cl)C1. The van der Waals surface area contributed by atoms with E-state index >= 15 is 0 Å². The zero-order valence-corrected chi connectivity index (χ0v) is 13.6. The second-order valence-electron chi connectivity index (χ2n) is 5.99. The molecule has 0 spiro atoms. The van der Waals surface area contributed by atoms with Crippen molar-refractivity contribution in [1.29, 1.82) is 0 Å². The van der Waals surface area contributed by atoms with Crippen LogP contribution in [0.15, 0.2) is 54.6 Å². The molecule has 0 aliphatic carbocycles. The van der Waals surface area contributed by atoms with Crippen molar-refractivity contribution < 1.29 is 9.90 Å². The van der Waals surface area contributed by atoms with E-state index in [0.29, 0.717) is 17.1 Å². The van der Waals surface area contributed by atoms with E-state index in [1.54, 1.807) is 6.07 Å². The number of nitrogens with zero attached hydrogens (tertiary/aromatic N) is 1. The van der Waals surface area contributed by atoms with E-state index in [1.165, 1.54) is 0 Å². The van der Waals surface area contributed by atoms with E-state index < -0.39 is 6.10 Å². The minimum atomic E-state index is -0.643. The number of halogens is 1. The maximum Gasteiger partial charge on any atom is 0.253 e. The van der Waals surface area contributed by atoms with Crippen molar-refractivity contribution in [3.63, 3.8) is 0 Å². The third-order valence-electron chi connectivity index (χ3n) is 4.44. The number of aliphatic hydroxyl groups excluding tert-OH is 1. The third-order valence-corrected chi connectivity index (χ3v) is 4.78. The molecule has 120 valence electrons. The number of likely N-dealkylation sites (tertiary alicyclic amines) is 1. The molecule has 1 amide bonds. The van der Waals surface area contributed by atoms with Crippen molar-refractivity contribution in [2.75, 3.05) is 13.1 Å². The highest BCUT2D eigenvalue weighted by atomic mass is 35.5. The Kier molecular flexibility index (Phi) is 4.99. The van der Waals surface area contributed by atoms with E-state index in [0.717, 1.165) is 24.9 Å². The molecular weight excluding hydrogens is 310 g/mol. The summed E-state index contributed by atoms with van der Waals surface area (Å²) in [6.45, 7) is 1.29. The van der Waals surface area contributed by atoms with Crippen molar-refractivity contribution in [1.82, 2.24) is 4.90 Å². The molecule has 1 aliphatic rings. The summed E-state index contributed by atoms with van der Waals surface area (Å²) >= 11 is 6.19. The first kappa shape index (κ1) is 16.0. The molecule has 1 fully saturated rings. The average Bonchev–Trinajstić information content (AvgIpc) is 2.62. The molecule has 2 aromatic rings. The lowest BCUT2D eigenvalue weighted by molar-refractivity contribution is 0.0401. The maximum absolute atomic E-state index is 12.6. The minimum Gasteiger partial charge on any atom is -0.388 e. The third kappa shape index (κ3) is 3.57. The van der Waals surface area contributed by atoms with Crippen LogP contribution in [0.5, 0.6) is 0 Å². The van der Waals surface area contributed by atoms with Crippen molar-refractivity contribution >= 4 is 17.5 Å². The number of hydrogen-bond donors (Lipinski definition) is 1. The molecule has 2 atom stereocenters. The van der Waals surface area contributed by atoms with Crippen LogP contribution in [0.2, 0.25) is 5.02 Å². The Morgan fingerprint density at radius 3 is 2.57 bits per heavy atom. The summed E-state index contributed by atoms with van der Waals surface area (Å²) in [5.41, 5.74) is 1.44. The summed E-state index contributed by atoms with van der Waals surface area (Å²) < 4.78 is 0. The van der Waals surface area contributed by atoms with E-state index in [4.69, 9.17) is 11.6 Å². The molecule has 0 radical (unpaired) electrons. The first-order chi connectivity index (χ1) is 11.2. The predicted octanol–water partition coefficient (Wildman–Crippen LogP) is 3.93. The van der Waals surface area contributed by atoms with Gasteiger partial charge in [-0.1, -0.05) is 48.0 Å². The van der Waals surface area contributed by atoms with Gasteiger partial charge in [0.1, 0.15) is 0 Å². The van der Waals surface area contributed by atoms with Crippen LogP contribution < -0.4 is 0 Å². The van der Waals surface area contributed by atoms with Crippen LogP contribution in [0.1, 0.15) is 34.9 Å². The lowest BCUT2D eigenvalue weighted by Gasteiger charge is -2.35. The number of aliphatic hydroxyl groups is 1. The summed E-state index contributed by atoms with van der Waals surface area (Å²) in [4.78, 5) is 14.4. The van der Waals surface area contributed by atoms with Crippen LogP contribution in [-0.4, -0.2) is 29.0 Å². The van der Waals surface area contributed by atoms with Gasteiger partial charge < -0.3 is 10.0 Å². The molecular formula is C19H20ClNO2. The van der Waals surface area contributed by atoms with Gasteiger partial charge in [-0.05, 0) is 36.6 Å². The van der Waals surface area contributed by atoms with Crippen LogP contribution >= 0.6 is 11.6 Å². The van der Waals surface area contributed by atoms with Crippen LogP contribution in [0.25, 0.3) is 0 Å². The Morgan fingerprint density at radius 1 is 1.13 bits per heavy atom. The Hall–Kier alpha value is -1.84. The van der Waals surface area contributed by atoms with Crippen LogP contribution in [-0.2, 0) is 0 Å². The standard InChI is InChI=1S/C19H20ClNO2/c20-17-11-5-4-10-16(17)18(22)15-9-6-12-21(13-15)19(23)14-7-2-1-3-8-14/h1-5,7-8,10-11,15,18,22H,6,9,12-13H2/t15?,18-/m1/s1. The Balaban J connectivity index is 1.73. The fourth-order valence-electron chi connectivity index (χ4n) is 3.18. The van der Waals surface area contributed by atoms with Gasteiger partial charge in [-0.25, -0.2) is 0 Å². The highest BCUT2D eigenvalue weighted by Crippen LogP contribution is 2.33. The summed E-state index contributed by atoms with van der Waals surface area (Å²) in [6.07, 6.45) is 1.14. The maximum atomic E-state index is 12.6. The number of carbonyl (C=O) groups is 1. The first-order valence-electron chi connectivity index (χ1n) is 7.93. The van der Waals surface area contributed by atoms with Crippen molar-refractivity contribution in [3.8, 4) is 0 Å². The smallest absolute Gasteiger partial charge is 0.253 e. The molecule has 1 N–H and O–H groups in total. The van der Waals surface area contributed by atoms with Crippen molar-refractivity contribution in [2.45, 2.75) is 18.9 Å². The quantitative estimate of drug-likeness (QED) is 0.927. The van der Waals surface area contributed by atoms with Crippen molar-refractivity contribution in [2.24, 2.45) is 5.92 Å². The number of hydrogen-bond acceptors (Lipinski definition) is 2. The number of benzene rings is 2. The normalized spacial score (nSPS) is 19.4. The molecule has 1 saturated heterocycles. The van der Waals surface area contributed by atoms with Gasteiger partial charge in [0.25, 0.3) is 5.91 Å². The van der Waals surface area contributed by atoms with Gasteiger partial charge in [0.2, 0.25) is 0 Å². The minimum absolute atomic E-state index is 0.0105. The lowest BCUT2D eigenvalue weighted by atomic mass is 9.88. The van der Waals surface area contributed by atoms with Crippen LogP contribution in [0.3, 0.4) is 0 Å². The molecule has 2 aromatic carbocycles. The second kappa shape index (κ2) is 7.16. The predicted molar refractivity (Wildman–Crippen MR) is 91.5 cm³/mol. The first-order valence-corrected chi connectivity index (χ1v) is 8.31. The number of rotatable bonds is 3. The molecule has 23 heavy (non-hydrogen) atoms. The van der Waals surface area contributed by atoms with Crippen LogP contribution in [0.4, 0.5) is 0 Å². The Bertz CT molecular complexity index is 674. The summed E-state index contributed by atoms with van der Waals surface area (Å²) in [6, 6.07) is 16.7. The number of carbonyl (C=O) groups excluding carboxylic acids is 1. The lowest BCUT2D eigenvalue weighted by Crippen LogP contribution is -2.41. The van der Waals surface area contributed by atoms with Gasteiger partial charge in [0, 0.05) is 29.6 Å². The van der Waals surface area contributed by atoms with Crippen LogP contribution in [0, 0.1) is 5.92 Å². The van der Waals surface area contributed by atoms with Gasteiger partial charge in [0.05, 0.1) is 6.10 Å². The fourth-order valence-corrected chi connectivity index (χ4v) is 3.43. The van der Waals surface area contributed by atoms with Gasteiger partial charge >= 0.3 is 0 Å². The summed E-state index contributed by atoms with van der Waals surface area (Å²) in [5.74, 6) is 0.0398. The molecule has 0 aromatic heterocycles. The molecule has 0 saturated carbocycles. The van der Waals surface area contributed by atoms with Gasteiger partial charge in [-0.2, -0.15) is 0 Å². The number of piperidine rings is 1. The summed E-state index contributed by atoms with van der Waals surface area (Å²) in [5, 5.41) is 11.2. The molecule has 1 heterocycles. The average molecular weight is 330 g/mol. The highest BCUT2D eigenvalue weighted by Gasteiger charge is 2.30. The molecule has 1 unspecified atom stereocenters. The second-order valence-corrected chi connectivity index (χ2v) is 6.39. The van der Waals surface area contributed by atoms with E-state index in [2.05, 4.69) is 0 Å². The molecule has 3 rings (SSSR count). The monoisotopic (exact) mass is 329 g/mol. The molecule has 3 nitrogen and oxygen atoms in total. The zero-order valence-electron chi connectivity index (χ0n) is 12.9. The Labute approximate surface area is 141 Å². The summed E-state index contributed by atoms with van der Waals surface area (Å²) in [7, 11) is 0. The number of amides is 1. The van der Waals surface area contributed by atoms with Gasteiger partial charge in [-0.15, -0.1) is 0 Å². The largest absolute Gasteiger partial charge is 0.388 e. The van der Waals surface area contributed by atoms with Crippen molar-refractivity contribution in [3.05, 3.63) is 70.7 Å². The van der Waals surface area contributed by atoms with E-state index in [1.807, 2.05) is 53.4 Å². The zero-order chi connectivity index (χ0) is 16.2. The van der Waals surface area contributed by atoms with Gasteiger partial charge in [-0.3, -0.25) is 4.79 Å². The fraction of sp³-hybridized carbons (Fsp3) is 0.316. The molecule has 1 aliphatic heterocycles. The van der Waals surface area contributed by atoms with Gasteiger partial charge in [0.15, 0.2) is 0 Å².